The van der Waals surface area contributed by atoms with Crippen molar-refractivity contribution in [2.24, 2.45) is 23.5 Å². The van der Waals surface area contributed by atoms with Gasteiger partial charge in [0.1, 0.15) is 0 Å². The summed E-state index contributed by atoms with van der Waals surface area (Å²) in [5.74, 6) is 2.05. The number of hydrogen-bond acceptors (Lipinski definition) is 6. The molecule has 2 aliphatic rings. The molecular weight excluding hydrogens is 336 g/mol. The van der Waals surface area contributed by atoms with Gasteiger partial charge in [-0.1, -0.05) is 12.2 Å². The number of ether oxygens (including phenoxy) is 4. The van der Waals surface area contributed by atoms with Crippen molar-refractivity contribution in [1.29, 1.82) is 0 Å². The third-order valence-electron chi connectivity index (χ3n) is 4.94. The van der Waals surface area contributed by atoms with Gasteiger partial charge in [-0.15, -0.1) is 0 Å². The van der Waals surface area contributed by atoms with Crippen LogP contribution in [0.2, 0.25) is 0 Å². The maximum Gasteiger partial charge on any atom is 0.407 e. The molecule has 2 atom stereocenters. The molecule has 7 nitrogen and oxygen atoms in total. The first kappa shape index (κ1) is 21.2. The molecule has 0 aromatic carbocycles. The van der Waals surface area contributed by atoms with Gasteiger partial charge >= 0.3 is 6.09 Å². The van der Waals surface area contributed by atoms with Gasteiger partial charge in [-0.3, -0.25) is 0 Å². The third kappa shape index (κ3) is 8.49. The molecule has 150 valence electrons. The predicted molar refractivity (Wildman–Crippen MR) is 98.9 cm³/mol. The zero-order valence-corrected chi connectivity index (χ0v) is 15.7. The number of carbonyl (C=O) groups is 1. The molecule has 2 unspecified atom stereocenters. The van der Waals surface area contributed by atoms with Crippen LogP contribution in [0, 0.1) is 17.8 Å². The van der Waals surface area contributed by atoms with E-state index in [2.05, 4.69) is 17.5 Å². The average Bonchev–Trinajstić information content (AvgIpc) is 3.27. The Morgan fingerprint density at radius 2 is 1.50 bits per heavy atom. The molecule has 0 bridgehead atoms. The van der Waals surface area contributed by atoms with Crippen LogP contribution in [-0.4, -0.2) is 65.4 Å². The Kier molecular flexibility index (Phi) is 10.6. The summed E-state index contributed by atoms with van der Waals surface area (Å²) in [6, 6.07) is 0. The van der Waals surface area contributed by atoms with Gasteiger partial charge in [-0.05, 0) is 43.4 Å². The van der Waals surface area contributed by atoms with E-state index in [0.717, 1.165) is 24.7 Å². The van der Waals surface area contributed by atoms with Crippen molar-refractivity contribution in [3.63, 3.8) is 0 Å². The standard InChI is InChI=1S/C19H34N2O5/c20-7-9-23-11-13-25-14-12-24-10-8-21-19(22)26-15-18-16-5-3-1-2-4-6-17(16)18/h1-2,16-18H,3-15,20H2,(H,21,22)/b2-1-. The van der Waals surface area contributed by atoms with Gasteiger partial charge in [0.15, 0.2) is 0 Å². The van der Waals surface area contributed by atoms with Gasteiger partial charge in [0.05, 0.1) is 46.2 Å². The van der Waals surface area contributed by atoms with Gasteiger partial charge in [0, 0.05) is 13.1 Å². The highest BCUT2D eigenvalue weighted by Gasteiger charge is 2.49. The van der Waals surface area contributed by atoms with Crippen molar-refractivity contribution in [2.45, 2.75) is 25.7 Å². The fourth-order valence-corrected chi connectivity index (χ4v) is 3.51. The van der Waals surface area contributed by atoms with E-state index in [1.165, 1.54) is 12.8 Å². The molecule has 0 heterocycles. The number of hydrogen-bond donors (Lipinski definition) is 2. The smallest absolute Gasteiger partial charge is 0.407 e. The van der Waals surface area contributed by atoms with E-state index >= 15 is 0 Å². The van der Waals surface area contributed by atoms with E-state index in [1.807, 2.05) is 0 Å². The van der Waals surface area contributed by atoms with Crippen LogP contribution in [-0.2, 0) is 18.9 Å². The van der Waals surface area contributed by atoms with Crippen molar-refractivity contribution in [3.8, 4) is 0 Å². The lowest BCUT2D eigenvalue weighted by Gasteiger charge is -2.08. The van der Waals surface area contributed by atoms with Gasteiger partial charge < -0.3 is 30.0 Å². The first-order chi connectivity index (χ1) is 12.8. The summed E-state index contributed by atoms with van der Waals surface area (Å²) >= 11 is 0. The lowest BCUT2D eigenvalue weighted by atomic mass is 10.1. The van der Waals surface area contributed by atoms with Crippen LogP contribution in [0.3, 0.4) is 0 Å². The van der Waals surface area contributed by atoms with Crippen LogP contribution < -0.4 is 11.1 Å². The van der Waals surface area contributed by atoms with E-state index in [0.29, 0.717) is 65.3 Å². The van der Waals surface area contributed by atoms with Crippen LogP contribution in [0.1, 0.15) is 25.7 Å². The number of allylic oxidation sites excluding steroid dienone is 2. The normalized spacial score (nSPS) is 25.7. The van der Waals surface area contributed by atoms with Crippen molar-refractivity contribution in [1.82, 2.24) is 5.32 Å². The monoisotopic (exact) mass is 370 g/mol. The lowest BCUT2D eigenvalue weighted by molar-refractivity contribution is 0.0165. The highest BCUT2D eigenvalue weighted by molar-refractivity contribution is 5.67. The molecule has 2 aliphatic carbocycles. The van der Waals surface area contributed by atoms with Crippen molar-refractivity contribution in [2.75, 3.05) is 59.3 Å². The first-order valence-corrected chi connectivity index (χ1v) is 9.82. The van der Waals surface area contributed by atoms with E-state index in [9.17, 15) is 4.79 Å². The molecule has 1 saturated carbocycles. The van der Waals surface area contributed by atoms with Gasteiger partial charge in [-0.25, -0.2) is 4.79 Å². The third-order valence-corrected chi connectivity index (χ3v) is 4.94. The number of alkyl carbamates (subject to hydrolysis) is 1. The SMILES string of the molecule is NCCOCCOCCOCCNC(=O)OCC1C2CC/C=C\CCC21. The van der Waals surface area contributed by atoms with Gasteiger partial charge in [0.25, 0.3) is 0 Å². The quantitative estimate of drug-likeness (QED) is 0.379. The highest BCUT2D eigenvalue weighted by Crippen LogP contribution is 2.52. The second-order valence-corrected chi connectivity index (χ2v) is 6.77. The molecule has 1 fully saturated rings. The number of rotatable bonds is 13. The fraction of sp³-hybridized carbons (Fsp3) is 0.842. The second-order valence-electron chi connectivity index (χ2n) is 6.77. The lowest BCUT2D eigenvalue weighted by Crippen LogP contribution is -2.29. The summed E-state index contributed by atoms with van der Waals surface area (Å²) in [6.07, 6.45) is 8.98. The van der Waals surface area contributed by atoms with Gasteiger partial charge in [0.2, 0.25) is 0 Å². The zero-order chi connectivity index (χ0) is 18.5. The van der Waals surface area contributed by atoms with E-state index in [4.69, 9.17) is 24.7 Å². The van der Waals surface area contributed by atoms with Crippen LogP contribution in [0.15, 0.2) is 12.2 Å². The molecule has 3 N–H and O–H groups in total. The maximum atomic E-state index is 11.7. The van der Waals surface area contributed by atoms with Crippen molar-refractivity contribution < 1.29 is 23.7 Å². The summed E-state index contributed by atoms with van der Waals surface area (Å²) in [5.41, 5.74) is 5.31. The molecule has 1 amide bonds. The van der Waals surface area contributed by atoms with Crippen LogP contribution in [0.4, 0.5) is 4.79 Å². The number of nitrogens with one attached hydrogen (secondary N) is 1. The Morgan fingerprint density at radius 3 is 2.12 bits per heavy atom. The van der Waals surface area contributed by atoms with Crippen molar-refractivity contribution >= 4 is 6.09 Å². The Balaban J connectivity index is 1.36. The van der Waals surface area contributed by atoms with E-state index in [-0.39, 0.29) is 6.09 Å². The van der Waals surface area contributed by atoms with Gasteiger partial charge in [-0.2, -0.15) is 0 Å². The first-order valence-electron chi connectivity index (χ1n) is 9.82. The van der Waals surface area contributed by atoms with E-state index < -0.39 is 0 Å². The van der Waals surface area contributed by atoms with Crippen LogP contribution in [0.5, 0.6) is 0 Å². The summed E-state index contributed by atoms with van der Waals surface area (Å²) in [4.78, 5) is 11.7. The Morgan fingerprint density at radius 1 is 0.923 bits per heavy atom. The van der Waals surface area contributed by atoms with Crippen molar-refractivity contribution in [3.05, 3.63) is 12.2 Å². The number of fused-ring (bicyclic) bond motifs is 1. The second kappa shape index (κ2) is 13.1. The Labute approximate surface area is 156 Å². The summed E-state index contributed by atoms with van der Waals surface area (Å²) in [6.45, 7) is 4.60. The molecule has 0 aliphatic heterocycles. The zero-order valence-electron chi connectivity index (χ0n) is 15.7. The number of amides is 1. The Bertz CT molecular complexity index is 403. The molecule has 0 aromatic heterocycles. The molecule has 0 spiro atoms. The molecule has 7 heteroatoms. The summed E-state index contributed by atoms with van der Waals surface area (Å²) < 4.78 is 21.3. The minimum absolute atomic E-state index is 0.348. The number of nitrogens with two attached hydrogens (primary N) is 1. The molecule has 26 heavy (non-hydrogen) atoms. The molecule has 0 radical (unpaired) electrons. The topological polar surface area (TPSA) is 92.0 Å². The Hall–Kier alpha value is -1.15. The molecular formula is C19H34N2O5. The maximum absolute atomic E-state index is 11.7. The molecule has 2 rings (SSSR count). The fourth-order valence-electron chi connectivity index (χ4n) is 3.51. The van der Waals surface area contributed by atoms with Crippen LogP contribution >= 0.6 is 0 Å². The summed E-state index contributed by atoms with van der Waals surface area (Å²) in [7, 11) is 0. The molecule has 0 saturated heterocycles. The minimum Gasteiger partial charge on any atom is -0.449 e. The van der Waals surface area contributed by atoms with Crippen LogP contribution in [0.25, 0.3) is 0 Å². The summed E-state index contributed by atoms with van der Waals surface area (Å²) in [5, 5.41) is 2.73. The molecule has 0 aromatic rings. The largest absolute Gasteiger partial charge is 0.449 e. The number of carbonyl (C=O) groups excluding carboxylic acids is 1. The minimum atomic E-state index is -0.348. The van der Waals surface area contributed by atoms with E-state index in [1.54, 1.807) is 0 Å². The average molecular weight is 370 g/mol. The predicted octanol–water partition coefficient (Wildman–Crippen LogP) is 1.71. The highest BCUT2D eigenvalue weighted by atomic mass is 16.6.